The Morgan fingerprint density at radius 3 is 2.48 bits per heavy atom. The van der Waals surface area contributed by atoms with E-state index in [1.54, 1.807) is 14.0 Å². The van der Waals surface area contributed by atoms with Gasteiger partial charge in [0, 0.05) is 5.69 Å². The summed E-state index contributed by atoms with van der Waals surface area (Å²) in [6.45, 7) is 5.70. The van der Waals surface area contributed by atoms with E-state index in [4.69, 9.17) is 0 Å². The molecule has 0 saturated carbocycles. The van der Waals surface area contributed by atoms with E-state index in [0.717, 1.165) is 28.6 Å². The fraction of sp³-hybridized carbons (Fsp3) is 0.357. The number of aromatic amines is 1. The minimum Gasteiger partial charge on any atom is -0.325 e. The number of nitrogens with zero attached hydrogens (tertiary/aromatic N) is 1. The number of aryl methyl sites for hydroxylation is 3. The summed E-state index contributed by atoms with van der Waals surface area (Å²) >= 11 is 1.15. The second-order valence-corrected chi connectivity index (χ2v) is 6.30. The lowest BCUT2D eigenvalue weighted by atomic mass is 10.1. The number of carbonyl (C=O) groups excluding carboxylic acids is 1. The summed E-state index contributed by atoms with van der Waals surface area (Å²) in [4.78, 5) is 23.7. The molecule has 0 fully saturated rings. The largest absolute Gasteiger partial charge is 0.441 e. The number of aromatic nitrogens is 2. The van der Waals surface area contributed by atoms with Gasteiger partial charge in [0.05, 0.1) is 5.25 Å². The molecule has 21 heavy (non-hydrogen) atoms. The first kappa shape index (κ1) is 15.4. The molecule has 0 saturated heterocycles. The molecular weight excluding hydrogens is 290 g/mol. The number of amides is 1. The Morgan fingerprint density at radius 2 is 1.95 bits per heavy atom. The van der Waals surface area contributed by atoms with E-state index in [9.17, 15) is 9.59 Å². The van der Waals surface area contributed by atoms with E-state index in [-0.39, 0.29) is 5.91 Å². The van der Waals surface area contributed by atoms with E-state index in [1.165, 1.54) is 4.68 Å². The molecule has 6 nitrogen and oxygen atoms in total. The maximum atomic E-state index is 12.2. The quantitative estimate of drug-likeness (QED) is 0.663. The van der Waals surface area contributed by atoms with Crippen molar-refractivity contribution in [2.75, 3.05) is 5.32 Å². The van der Waals surface area contributed by atoms with Gasteiger partial charge in [0.2, 0.25) is 5.91 Å². The molecule has 0 aliphatic carbocycles. The highest BCUT2D eigenvalue weighted by Gasteiger charge is 2.25. The van der Waals surface area contributed by atoms with Gasteiger partial charge in [0.1, 0.15) is 0 Å². The van der Waals surface area contributed by atoms with Gasteiger partial charge in [-0.1, -0.05) is 10.7 Å². The third kappa shape index (κ3) is 3.75. The number of anilines is 1. The Balaban J connectivity index is 2.08. The van der Waals surface area contributed by atoms with Gasteiger partial charge in [-0.25, -0.2) is 4.79 Å². The van der Waals surface area contributed by atoms with Crippen LogP contribution in [0, 0.1) is 13.8 Å². The number of benzene rings is 1. The molecular formula is C14H18N3O3S+. The van der Waals surface area contributed by atoms with Crippen molar-refractivity contribution in [2.45, 2.75) is 31.0 Å². The number of thioether (sulfide) groups is 1. The van der Waals surface area contributed by atoms with Crippen molar-refractivity contribution in [3.05, 3.63) is 39.7 Å². The zero-order valence-electron chi connectivity index (χ0n) is 12.4. The third-order valence-electron chi connectivity index (χ3n) is 2.90. The average Bonchev–Trinajstić information content (AvgIpc) is 2.69. The van der Waals surface area contributed by atoms with Crippen LogP contribution in [-0.2, 0) is 11.8 Å². The second-order valence-electron chi connectivity index (χ2n) is 4.97. The Kier molecular flexibility index (Phi) is 4.52. The van der Waals surface area contributed by atoms with Crippen molar-refractivity contribution in [3.63, 3.8) is 0 Å². The van der Waals surface area contributed by atoms with E-state index < -0.39 is 10.9 Å². The van der Waals surface area contributed by atoms with E-state index in [1.807, 2.05) is 32.0 Å². The van der Waals surface area contributed by atoms with Crippen molar-refractivity contribution in [1.29, 1.82) is 0 Å². The van der Waals surface area contributed by atoms with Crippen LogP contribution in [0.25, 0.3) is 0 Å². The molecule has 0 bridgehead atoms. The molecule has 2 aromatic rings. The van der Waals surface area contributed by atoms with Gasteiger partial charge in [-0.3, -0.25) is 9.32 Å². The molecule has 0 radical (unpaired) electrons. The molecule has 7 heteroatoms. The van der Waals surface area contributed by atoms with Crippen LogP contribution in [0.3, 0.4) is 0 Å². The molecule has 1 heterocycles. The van der Waals surface area contributed by atoms with Crippen LogP contribution >= 0.6 is 11.8 Å². The van der Waals surface area contributed by atoms with Gasteiger partial charge in [0.15, 0.2) is 7.05 Å². The van der Waals surface area contributed by atoms with Gasteiger partial charge in [-0.2, -0.15) is 0 Å². The van der Waals surface area contributed by atoms with Crippen LogP contribution in [0.2, 0.25) is 0 Å². The molecule has 2 rings (SSSR count). The van der Waals surface area contributed by atoms with Gasteiger partial charge in [-0.15, -0.1) is 0 Å². The van der Waals surface area contributed by atoms with Crippen molar-refractivity contribution in [1.82, 2.24) is 5.27 Å². The maximum absolute atomic E-state index is 12.2. The fourth-order valence-corrected chi connectivity index (χ4v) is 2.80. The predicted octanol–water partition coefficient (Wildman–Crippen LogP) is 1.53. The molecule has 0 spiro atoms. The van der Waals surface area contributed by atoms with Crippen LogP contribution in [-0.4, -0.2) is 16.4 Å². The van der Waals surface area contributed by atoms with E-state index in [2.05, 4.69) is 15.1 Å². The molecule has 1 unspecified atom stereocenters. The van der Waals surface area contributed by atoms with Crippen molar-refractivity contribution in [2.24, 2.45) is 7.05 Å². The first-order valence-electron chi connectivity index (χ1n) is 6.50. The highest BCUT2D eigenvalue weighted by molar-refractivity contribution is 8.00. The fourth-order valence-electron chi connectivity index (χ4n) is 1.97. The minimum atomic E-state index is -0.478. The monoisotopic (exact) mass is 308 g/mol. The van der Waals surface area contributed by atoms with Crippen LogP contribution in [0.4, 0.5) is 5.69 Å². The van der Waals surface area contributed by atoms with E-state index >= 15 is 0 Å². The molecule has 2 N–H and O–H groups in total. The smallest absolute Gasteiger partial charge is 0.325 e. The molecule has 0 aliphatic rings. The number of hydrogen-bond acceptors (Lipinski definition) is 4. The van der Waals surface area contributed by atoms with Crippen molar-refractivity contribution >= 4 is 23.4 Å². The Hall–Kier alpha value is -2.02. The lowest BCUT2D eigenvalue weighted by molar-refractivity contribution is -0.772. The standard InChI is InChI=1S/C14H17N3O3S/c1-8-5-9(2)7-11(6-8)15-12(18)10(3)21-13-14(19)20-16-17(13)4/h5-7,10H,1-4H3,(H-,15,16,18,19)/p+1. The average molecular weight is 308 g/mol. The third-order valence-corrected chi connectivity index (χ3v) is 4.13. The number of rotatable bonds is 4. The molecule has 0 aliphatic heterocycles. The van der Waals surface area contributed by atoms with Gasteiger partial charge >= 0.3 is 10.7 Å². The van der Waals surface area contributed by atoms with Gasteiger partial charge in [0.25, 0.3) is 0 Å². The maximum Gasteiger partial charge on any atom is 0.441 e. The summed E-state index contributed by atoms with van der Waals surface area (Å²) in [7, 11) is 1.65. The Morgan fingerprint density at radius 1 is 1.33 bits per heavy atom. The van der Waals surface area contributed by atoms with Crippen LogP contribution in [0.15, 0.2) is 32.5 Å². The lowest BCUT2D eigenvalue weighted by Gasteiger charge is -2.10. The summed E-state index contributed by atoms with van der Waals surface area (Å²) in [6, 6.07) is 5.86. The number of nitrogens with one attached hydrogen (secondary N) is 2. The molecule has 112 valence electrons. The SMILES string of the molecule is Cc1cc(C)cc(NC(=O)C(C)Sc2c(=O)o[nH][n+]2C)c1. The van der Waals surface area contributed by atoms with Crippen molar-refractivity contribution in [3.8, 4) is 0 Å². The molecule has 1 atom stereocenters. The number of hydrogen-bond donors (Lipinski definition) is 2. The highest BCUT2D eigenvalue weighted by Crippen LogP contribution is 2.19. The highest BCUT2D eigenvalue weighted by atomic mass is 32.2. The lowest BCUT2D eigenvalue weighted by Crippen LogP contribution is -2.35. The predicted molar refractivity (Wildman–Crippen MR) is 80.4 cm³/mol. The van der Waals surface area contributed by atoms with Crippen LogP contribution in [0.1, 0.15) is 18.1 Å². The number of carbonyl (C=O) groups is 1. The summed E-state index contributed by atoms with van der Waals surface area (Å²) in [5, 5.41) is 5.22. The zero-order valence-corrected chi connectivity index (χ0v) is 13.2. The van der Waals surface area contributed by atoms with Gasteiger partial charge < -0.3 is 5.32 Å². The summed E-state index contributed by atoms with van der Waals surface area (Å²) in [6.07, 6.45) is 0. The van der Waals surface area contributed by atoms with Gasteiger partial charge in [-0.05, 0) is 61.1 Å². The molecule has 1 aromatic carbocycles. The number of H-pyrrole nitrogens is 1. The van der Waals surface area contributed by atoms with Crippen LogP contribution < -0.4 is 15.6 Å². The zero-order chi connectivity index (χ0) is 15.6. The van der Waals surface area contributed by atoms with E-state index in [0.29, 0.717) is 5.03 Å². The minimum absolute atomic E-state index is 0.161. The first-order valence-corrected chi connectivity index (χ1v) is 7.38. The molecule has 1 amide bonds. The second kappa shape index (κ2) is 6.17. The topological polar surface area (TPSA) is 79.0 Å². The van der Waals surface area contributed by atoms with Crippen LogP contribution in [0.5, 0.6) is 0 Å². The Labute approximate surface area is 126 Å². The summed E-state index contributed by atoms with van der Waals surface area (Å²) < 4.78 is 6.11. The summed E-state index contributed by atoms with van der Waals surface area (Å²) in [5.41, 5.74) is 2.45. The first-order chi connectivity index (χ1) is 9.86. The Bertz CT molecular complexity index is 700. The summed E-state index contributed by atoms with van der Waals surface area (Å²) in [5.74, 6) is -0.161. The molecule has 1 aromatic heterocycles. The normalized spacial score (nSPS) is 12.2. The van der Waals surface area contributed by atoms with Crippen molar-refractivity contribution < 1.29 is 14.0 Å².